The van der Waals surface area contributed by atoms with Crippen molar-refractivity contribution in [2.24, 2.45) is 0 Å². The number of methoxy groups -OCH3 is 1. The molecule has 0 bridgehead atoms. The molecule has 27 heavy (non-hydrogen) atoms. The molecule has 4 aromatic rings. The normalized spacial score (nSPS) is 11.1. The molecular formula is C22H17FO4. The summed E-state index contributed by atoms with van der Waals surface area (Å²) in [6.45, 7) is 1.91. The average molecular weight is 364 g/mol. The molecule has 0 atom stereocenters. The summed E-state index contributed by atoms with van der Waals surface area (Å²) < 4.78 is 30.3. The van der Waals surface area contributed by atoms with Gasteiger partial charge in [-0.05, 0) is 43.3 Å². The van der Waals surface area contributed by atoms with Crippen molar-refractivity contribution in [1.82, 2.24) is 0 Å². The Balaban J connectivity index is 1.79. The zero-order valence-corrected chi connectivity index (χ0v) is 14.9. The number of hydrogen-bond acceptors (Lipinski definition) is 4. The van der Waals surface area contributed by atoms with E-state index in [2.05, 4.69) is 0 Å². The summed E-state index contributed by atoms with van der Waals surface area (Å²) in [6.07, 6.45) is 0. The van der Waals surface area contributed by atoms with Crippen molar-refractivity contribution >= 4 is 21.7 Å². The summed E-state index contributed by atoms with van der Waals surface area (Å²) in [5, 5.41) is 2.05. The Bertz CT molecular complexity index is 1210. The van der Waals surface area contributed by atoms with E-state index in [-0.39, 0.29) is 12.4 Å². The Morgan fingerprint density at radius 3 is 2.56 bits per heavy atom. The molecule has 0 N–H and O–H groups in total. The van der Waals surface area contributed by atoms with Gasteiger partial charge in [0.05, 0.1) is 12.5 Å². The summed E-state index contributed by atoms with van der Waals surface area (Å²) in [7, 11) is 1.55. The summed E-state index contributed by atoms with van der Waals surface area (Å²) in [5.74, 6) is 0.819. The van der Waals surface area contributed by atoms with Crippen LogP contribution in [-0.4, -0.2) is 7.11 Å². The second kappa shape index (κ2) is 6.76. The first-order valence-corrected chi connectivity index (χ1v) is 8.49. The first-order valence-electron chi connectivity index (χ1n) is 8.49. The van der Waals surface area contributed by atoms with E-state index >= 15 is 0 Å². The molecule has 1 aromatic heterocycles. The number of hydrogen-bond donors (Lipinski definition) is 0. The highest BCUT2D eigenvalue weighted by atomic mass is 19.1. The quantitative estimate of drug-likeness (QED) is 0.378. The van der Waals surface area contributed by atoms with Gasteiger partial charge in [-0.3, -0.25) is 0 Å². The van der Waals surface area contributed by atoms with Crippen molar-refractivity contribution in [3.8, 4) is 11.5 Å². The minimum Gasteiger partial charge on any atom is -0.497 e. The van der Waals surface area contributed by atoms with Crippen molar-refractivity contribution in [3.05, 3.63) is 82.0 Å². The summed E-state index contributed by atoms with van der Waals surface area (Å²) in [4.78, 5) is 12.4. The molecule has 0 aliphatic rings. The fourth-order valence-corrected chi connectivity index (χ4v) is 3.15. The molecule has 3 aromatic carbocycles. The maximum absolute atomic E-state index is 13.8. The summed E-state index contributed by atoms with van der Waals surface area (Å²) >= 11 is 0. The Labute approximate surface area is 154 Å². The predicted molar refractivity (Wildman–Crippen MR) is 102 cm³/mol. The van der Waals surface area contributed by atoms with E-state index in [0.29, 0.717) is 33.6 Å². The molecule has 0 aliphatic heterocycles. The minimum atomic E-state index is -0.439. The van der Waals surface area contributed by atoms with Gasteiger partial charge in [0.25, 0.3) is 0 Å². The Morgan fingerprint density at radius 1 is 1.00 bits per heavy atom. The molecule has 0 fully saturated rings. The number of aryl methyl sites for hydroxylation is 1. The minimum absolute atomic E-state index is 0.0913. The van der Waals surface area contributed by atoms with E-state index in [4.69, 9.17) is 13.9 Å². The van der Waals surface area contributed by atoms with Gasteiger partial charge in [0.15, 0.2) is 0 Å². The first-order chi connectivity index (χ1) is 13.1. The second-order valence-electron chi connectivity index (χ2n) is 6.25. The van der Waals surface area contributed by atoms with Gasteiger partial charge in [0.2, 0.25) is 0 Å². The van der Waals surface area contributed by atoms with Gasteiger partial charge < -0.3 is 13.9 Å². The van der Waals surface area contributed by atoms with Gasteiger partial charge in [-0.1, -0.05) is 18.2 Å². The molecule has 5 heteroatoms. The molecule has 0 spiro atoms. The maximum atomic E-state index is 13.8. The van der Waals surface area contributed by atoms with E-state index in [1.54, 1.807) is 37.4 Å². The fourth-order valence-electron chi connectivity index (χ4n) is 3.15. The van der Waals surface area contributed by atoms with Crippen LogP contribution >= 0.6 is 0 Å². The Kier molecular flexibility index (Phi) is 4.28. The largest absolute Gasteiger partial charge is 0.497 e. The molecule has 136 valence electrons. The predicted octanol–water partition coefficient (Wildman–Crippen LogP) is 4.98. The lowest BCUT2D eigenvalue weighted by molar-refractivity contribution is 0.297. The van der Waals surface area contributed by atoms with Crippen LogP contribution in [0.2, 0.25) is 0 Å². The highest BCUT2D eigenvalue weighted by molar-refractivity contribution is 6.05. The number of rotatable bonds is 4. The van der Waals surface area contributed by atoms with Crippen LogP contribution in [0.15, 0.2) is 63.8 Å². The lowest BCUT2D eigenvalue weighted by atomic mass is 10.0. The molecule has 1 heterocycles. The smallest absolute Gasteiger partial charge is 0.344 e. The molecule has 0 unspecified atom stereocenters. The van der Waals surface area contributed by atoms with Crippen molar-refractivity contribution in [3.63, 3.8) is 0 Å². The van der Waals surface area contributed by atoms with Crippen LogP contribution in [0, 0.1) is 12.7 Å². The zero-order valence-electron chi connectivity index (χ0n) is 14.9. The highest BCUT2D eigenvalue weighted by Gasteiger charge is 2.14. The van der Waals surface area contributed by atoms with Crippen LogP contribution in [0.1, 0.15) is 11.1 Å². The molecule has 4 nitrogen and oxygen atoms in total. The van der Waals surface area contributed by atoms with Crippen molar-refractivity contribution < 1.29 is 18.3 Å². The number of fused-ring (bicyclic) bond motifs is 3. The van der Waals surface area contributed by atoms with Crippen LogP contribution in [0.3, 0.4) is 0 Å². The molecule has 0 aliphatic carbocycles. The summed E-state index contributed by atoms with van der Waals surface area (Å²) in [5.41, 5.74) is 1.18. The lowest BCUT2D eigenvalue weighted by Gasteiger charge is -2.12. The van der Waals surface area contributed by atoms with E-state index in [9.17, 15) is 9.18 Å². The van der Waals surface area contributed by atoms with E-state index in [1.165, 1.54) is 6.07 Å². The Morgan fingerprint density at radius 2 is 1.78 bits per heavy atom. The third kappa shape index (κ3) is 3.01. The van der Waals surface area contributed by atoms with Crippen LogP contribution in [0.5, 0.6) is 11.5 Å². The summed E-state index contributed by atoms with van der Waals surface area (Å²) in [6, 6.07) is 15.4. The van der Waals surface area contributed by atoms with Gasteiger partial charge in [-0.15, -0.1) is 0 Å². The molecule has 0 saturated heterocycles. The van der Waals surface area contributed by atoms with Crippen LogP contribution in [0.4, 0.5) is 4.39 Å². The lowest BCUT2D eigenvalue weighted by Crippen LogP contribution is -2.03. The Hall–Kier alpha value is -3.34. The third-order valence-corrected chi connectivity index (χ3v) is 4.63. The average Bonchev–Trinajstić information content (AvgIpc) is 2.69. The van der Waals surface area contributed by atoms with Crippen molar-refractivity contribution in [2.75, 3.05) is 7.11 Å². The number of benzene rings is 3. The molecule has 4 rings (SSSR count). The van der Waals surface area contributed by atoms with E-state index in [1.807, 2.05) is 25.1 Å². The fraction of sp³-hybridized carbons (Fsp3) is 0.136. The topological polar surface area (TPSA) is 48.7 Å². The first kappa shape index (κ1) is 17.1. The monoisotopic (exact) mass is 364 g/mol. The van der Waals surface area contributed by atoms with Crippen molar-refractivity contribution in [1.29, 1.82) is 0 Å². The molecule has 0 radical (unpaired) electrons. The van der Waals surface area contributed by atoms with Gasteiger partial charge in [-0.2, -0.15) is 0 Å². The van der Waals surface area contributed by atoms with Gasteiger partial charge >= 0.3 is 5.63 Å². The van der Waals surface area contributed by atoms with Crippen molar-refractivity contribution in [2.45, 2.75) is 13.5 Å². The van der Waals surface area contributed by atoms with Gasteiger partial charge in [0, 0.05) is 21.9 Å². The number of halogens is 1. The second-order valence-corrected chi connectivity index (χ2v) is 6.25. The van der Waals surface area contributed by atoms with Crippen LogP contribution < -0.4 is 15.1 Å². The molecular weight excluding hydrogens is 347 g/mol. The van der Waals surface area contributed by atoms with E-state index < -0.39 is 5.63 Å². The molecule has 0 amide bonds. The van der Waals surface area contributed by atoms with E-state index in [0.717, 1.165) is 10.8 Å². The van der Waals surface area contributed by atoms with Crippen LogP contribution in [-0.2, 0) is 6.61 Å². The maximum Gasteiger partial charge on any atom is 0.344 e. The number of ether oxygens (including phenoxy) is 2. The van der Waals surface area contributed by atoms with Gasteiger partial charge in [0.1, 0.15) is 29.5 Å². The van der Waals surface area contributed by atoms with Crippen LogP contribution in [0.25, 0.3) is 21.7 Å². The SMILES string of the molecule is COc1ccc2c(c1)c(=O)oc1c(C)c(OCc3ccccc3F)ccc12. The third-order valence-electron chi connectivity index (χ3n) is 4.63. The van der Waals surface area contributed by atoms with Gasteiger partial charge in [-0.25, -0.2) is 9.18 Å². The zero-order chi connectivity index (χ0) is 19.0. The highest BCUT2D eigenvalue weighted by Crippen LogP contribution is 2.32. The standard InChI is InChI=1S/C22H17FO4/c1-13-20(26-12-14-5-3-4-6-19(14)23)10-9-17-16-8-7-15(25-2)11-18(16)22(24)27-21(13)17/h3-11H,12H2,1-2H3. The molecule has 0 saturated carbocycles.